The Kier molecular flexibility index (Phi) is 9.43. The van der Waals surface area contributed by atoms with Crippen LogP contribution in [0.5, 0.6) is 0 Å². The first-order valence-corrected chi connectivity index (χ1v) is 14.5. The molecule has 2 fully saturated rings. The molecule has 1 aromatic heterocycles. The smallest absolute Gasteiger partial charge is 0.309 e. The molecule has 0 unspecified atom stereocenters. The maximum absolute atomic E-state index is 13.5. The fraction of sp³-hybridized carbons (Fsp3) is 0.414. The van der Waals surface area contributed by atoms with Crippen molar-refractivity contribution >= 4 is 52.1 Å². The van der Waals surface area contributed by atoms with Crippen LogP contribution in [-0.2, 0) is 27.4 Å². The molecule has 1 aromatic carbocycles. The fourth-order valence-corrected chi connectivity index (χ4v) is 6.28. The molecule has 0 N–H and O–H groups in total. The first-order valence-electron chi connectivity index (χ1n) is 13.3. The molecule has 0 radical (unpaired) electrons. The summed E-state index contributed by atoms with van der Waals surface area (Å²) < 4.78 is 20.6. The monoisotopic (exact) mass is 582 g/mol. The summed E-state index contributed by atoms with van der Waals surface area (Å²) in [6.07, 6.45) is 3.52. The lowest BCUT2D eigenvalue weighted by atomic mass is 9.95. The van der Waals surface area contributed by atoms with E-state index in [4.69, 9.17) is 17.0 Å². The highest BCUT2D eigenvalue weighted by molar-refractivity contribution is 8.26. The van der Waals surface area contributed by atoms with E-state index in [1.54, 1.807) is 36.6 Å². The first kappa shape index (κ1) is 29.5. The second-order valence-corrected chi connectivity index (χ2v) is 11.4. The van der Waals surface area contributed by atoms with Crippen LogP contribution in [0.4, 0.5) is 10.2 Å². The zero-order valence-corrected chi connectivity index (χ0v) is 24.4. The molecule has 3 heterocycles. The van der Waals surface area contributed by atoms with Crippen molar-refractivity contribution in [1.82, 2.24) is 9.47 Å². The van der Waals surface area contributed by atoms with Crippen LogP contribution in [0.1, 0.15) is 55.4 Å². The number of carbonyl (C=O) groups excluding carboxylic acids is 2. The van der Waals surface area contributed by atoms with E-state index in [1.165, 1.54) is 17.0 Å². The van der Waals surface area contributed by atoms with E-state index in [-0.39, 0.29) is 41.3 Å². The highest BCUT2D eigenvalue weighted by atomic mass is 32.2. The summed E-state index contributed by atoms with van der Waals surface area (Å²) in [7, 11) is 0. The van der Waals surface area contributed by atoms with E-state index in [9.17, 15) is 24.0 Å². The third kappa shape index (κ3) is 5.98. The molecule has 40 heavy (non-hydrogen) atoms. The number of hydrogen-bond acceptors (Lipinski definition) is 8. The van der Waals surface area contributed by atoms with Crippen molar-refractivity contribution in [2.24, 2.45) is 5.92 Å². The van der Waals surface area contributed by atoms with E-state index in [0.717, 1.165) is 17.3 Å². The number of esters is 1. The van der Waals surface area contributed by atoms with Crippen LogP contribution < -0.4 is 10.5 Å². The minimum Gasteiger partial charge on any atom is -0.466 e. The van der Waals surface area contributed by atoms with Gasteiger partial charge in [0.25, 0.3) is 11.5 Å². The molecule has 2 aliphatic heterocycles. The van der Waals surface area contributed by atoms with Crippen LogP contribution in [0, 0.1) is 30.0 Å². The van der Waals surface area contributed by atoms with Crippen LogP contribution in [0.2, 0.25) is 0 Å². The lowest BCUT2D eigenvalue weighted by Gasteiger charge is -2.35. The Hall–Kier alpha value is -3.49. The van der Waals surface area contributed by atoms with Crippen molar-refractivity contribution in [2.45, 2.75) is 53.1 Å². The Morgan fingerprint density at radius 3 is 2.50 bits per heavy atom. The number of aromatic nitrogens is 1. The third-order valence-corrected chi connectivity index (χ3v) is 8.49. The number of halogens is 1. The van der Waals surface area contributed by atoms with E-state index in [1.807, 2.05) is 6.92 Å². The van der Waals surface area contributed by atoms with Crippen molar-refractivity contribution in [3.05, 3.63) is 67.6 Å². The van der Waals surface area contributed by atoms with Crippen LogP contribution in [0.3, 0.4) is 0 Å². The number of thioether (sulfide) groups is 1. The summed E-state index contributed by atoms with van der Waals surface area (Å²) in [6.45, 7) is 7.42. The van der Waals surface area contributed by atoms with Gasteiger partial charge in [-0.1, -0.05) is 43.0 Å². The average Bonchev–Trinajstić information content (AvgIpc) is 3.20. The van der Waals surface area contributed by atoms with Gasteiger partial charge in [0.05, 0.1) is 24.0 Å². The predicted molar refractivity (Wildman–Crippen MR) is 157 cm³/mol. The van der Waals surface area contributed by atoms with Crippen molar-refractivity contribution in [3.8, 4) is 6.07 Å². The fourth-order valence-electron chi connectivity index (χ4n) is 5.04. The zero-order chi connectivity index (χ0) is 29.0. The summed E-state index contributed by atoms with van der Waals surface area (Å²) in [5, 5.41) is 9.87. The van der Waals surface area contributed by atoms with Crippen LogP contribution in [0.25, 0.3) is 6.08 Å². The standard InChI is InChI=1S/C29H31FN4O4S2/c1-4-12-33-25(32-13-10-20(11-14-32)28(37)38-5-2)22(18(3)23(16-31)26(33)35)15-24-27(36)34(29(39)40-24)17-19-6-8-21(30)9-7-19/h6-9,15,20H,4-5,10-14,17H2,1-3H3/b24-15+. The maximum atomic E-state index is 13.5. The van der Waals surface area contributed by atoms with Crippen molar-refractivity contribution in [3.63, 3.8) is 0 Å². The average molecular weight is 583 g/mol. The van der Waals surface area contributed by atoms with Crippen LogP contribution in [-0.4, -0.2) is 45.4 Å². The highest BCUT2D eigenvalue weighted by Gasteiger charge is 2.34. The number of nitrogens with zero attached hydrogens (tertiary/aromatic N) is 4. The molecular formula is C29H31FN4O4S2. The van der Waals surface area contributed by atoms with Crippen molar-refractivity contribution in [1.29, 1.82) is 5.26 Å². The largest absolute Gasteiger partial charge is 0.466 e. The van der Waals surface area contributed by atoms with E-state index < -0.39 is 0 Å². The molecule has 11 heteroatoms. The second kappa shape index (κ2) is 12.8. The van der Waals surface area contributed by atoms with Crippen LogP contribution in [0.15, 0.2) is 34.0 Å². The topological polar surface area (TPSA) is 95.6 Å². The van der Waals surface area contributed by atoms with Crippen molar-refractivity contribution < 1.29 is 18.7 Å². The van der Waals surface area contributed by atoms with Gasteiger partial charge in [0, 0.05) is 25.2 Å². The minimum absolute atomic E-state index is 0.0339. The Bertz CT molecular complexity index is 1450. The second-order valence-electron chi connectivity index (χ2n) is 9.71. The number of rotatable bonds is 8. The molecule has 2 aliphatic rings. The molecule has 0 spiro atoms. The number of pyridine rings is 1. The Morgan fingerprint density at radius 1 is 1.23 bits per heavy atom. The molecule has 4 rings (SSSR count). The molecule has 210 valence electrons. The number of nitriles is 1. The zero-order valence-electron chi connectivity index (χ0n) is 22.7. The van der Waals surface area contributed by atoms with Gasteiger partial charge in [0.2, 0.25) is 0 Å². The Balaban J connectivity index is 1.75. The number of anilines is 1. The first-order chi connectivity index (χ1) is 19.2. The number of carbonyl (C=O) groups is 2. The van der Waals surface area contributed by atoms with E-state index in [0.29, 0.717) is 71.7 Å². The molecule has 8 nitrogen and oxygen atoms in total. The van der Waals surface area contributed by atoms with Gasteiger partial charge in [-0.2, -0.15) is 5.26 Å². The molecule has 1 amide bonds. The number of ether oxygens (including phenoxy) is 1. The Morgan fingerprint density at radius 2 is 1.90 bits per heavy atom. The van der Waals surface area contributed by atoms with Crippen molar-refractivity contribution in [2.75, 3.05) is 24.6 Å². The van der Waals surface area contributed by atoms with Gasteiger partial charge in [0.1, 0.15) is 27.6 Å². The number of amides is 1. The molecule has 0 atom stereocenters. The van der Waals surface area contributed by atoms with Gasteiger partial charge >= 0.3 is 5.97 Å². The lowest BCUT2D eigenvalue weighted by Crippen LogP contribution is -2.41. The van der Waals surface area contributed by atoms with E-state index >= 15 is 0 Å². The lowest BCUT2D eigenvalue weighted by molar-refractivity contribution is -0.148. The summed E-state index contributed by atoms with van der Waals surface area (Å²) in [4.78, 5) is 43.1. The van der Waals surface area contributed by atoms with Gasteiger partial charge in [-0.05, 0) is 62.4 Å². The normalized spacial score (nSPS) is 17.0. The number of thiocarbonyl (C=S) groups is 1. The SMILES string of the molecule is CCCn1c(N2CCC(C(=O)OCC)CC2)c(/C=C2/SC(=S)N(Cc3ccc(F)cc3)C2=O)c(C)c(C#N)c1=O. The Labute approximate surface area is 242 Å². The summed E-state index contributed by atoms with van der Waals surface area (Å²) in [5.74, 6) is -0.451. The highest BCUT2D eigenvalue weighted by Crippen LogP contribution is 2.37. The van der Waals surface area contributed by atoms with Gasteiger partial charge < -0.3 is 9.64 Å². The summed E-state index contributed by atoms with van der Waals surface area (Å²) in [5.41, 5.74) is 1.51. The molecule has 2 saturated heterocycles. The summed E-state index contributed by atoms with van der Waals surface area (Å²) >= 11 is 6.67. The van der Waals surface area contributed by atoms with E-state index in [2.05, 4.69) is 11.0 Å². The summed E-state index contributed by atoms with van der Waals surface area (Å²) in [6, 6.07) is 7.95. The minimum atomic E-state index is -0.370. The third-order valence-electron chi connectivity index (χ3n) is 7.11. The number of hydrogen-bond donors (Lipinski definition) is 0. The van der Waals surface area contributed by atoms with Gasteiger partial charge in [0.15, 0.2) is 0 Å². The van der Waals surface area contributed by atoms with Crippen LogP contribution >= 0.6 is 24.0 Å². The molecule has 0 bridgehead atoms. The van der Waals surface area contributed by atoms with Gasteiger partial charge in [-0.25, -0.2) is 4.39 Å². The van der Waals surface area contributed by atoms with Gasteiger partial charge in [-0.3, -0.25) is 23.9 Å². The van der Waals surface area contributed by atoms with Gasteiger partial charge in [-0.15, -0.1) is 0 Å². The number of piperidine rings is 1. The molecule has 0 saturated carbocycles. The molecule has 2 aromatic rings. The maximum Gasteiger partial charge on any atom is 0.309 e. The molecule has 0 aliphatic carbocycles. The number of benzene rings is 1. The quantitative estimate of drug-likeness (QED) is 0.250. The molecular weight excluding hydrogens is 551 g/mol. The predicted octanol–water partition coefficient (Wildman–Crippen LogP) is 4.76.